The molecule has 0 heterocycles. The Morgan fingerprint density at radius 3 is 2.45 bits per heavy atom. The van der Waals surface area contributed by atoms with E-state index in [-0.39, 0.29) is 17.0 Å². The lowest BCUT2D eigenvalue weighted by molar-refractivity contribution is -0.385. The summed E-state index contributed by atoms with van der Waals surface area (Å²) in [5.41, 5.74) is -0.388. The Morgan fingerprint density at radius 2 is 1.90 bits per heavy atom. The zero-order chi connectivity index (χ0) is 21.8. The summed E-state index contributed by atoms with van der Waals surface area (Å²) < 4.78 is 33.8. The summed E-state index contributed by atoms with van der Waals surface area (Å²) in [5, 5.41) is 23.9. The summed E-state index contributed by atoms with van der Waals surface area (Å²) in [6.45, 7) is -0.251. The van der Waals surface area contributed by atoms with Gasteiger partial charge < -0.3 is 19.9 Å². The van der Waals surface area contributed by atoms with Gasteiger partial charge in [-0.05, 0) is 24.3 Å². The molecule has 2 aromatic carbocycles. The number of aliphatic hydroxyl groups excluding tert-OH is 1. The molecule has 2 aromatic rings. The van der Waals surface area contributed by atoms with Crippen molar-refractivity contribution < 1.29 is 32.7 Å². The van der Waals surface area contributed by atoms with Gasteiger partial charge in [0, 0.05) is 36.1 Å². The van der Waals surface area contributed by atoms with Gasteiger partial charge in [-0.15, -0.1) is 0 Å². The number of methoxy groups -OCH3 is 2. The third-order valence-electron chi connectivity index (χ3n) is 4.04. The molecule has 0 aliphatic rings. The van der Waals surface area contributed by atoms with E-state index in [1.54, 1.807) is 18.2 Å². The SMILES string of the molecule is COc1ccc(OC)c(C(O)CNC(=O)c2cc([N+](=O)[O-])cc(S(C)(=O)=O)c2)c1. The van der Waals surface area contributed by atoms with Crippen LogP contribution in [0.2, 0.25) is 0 Å². The Kier molecular flexibility index (Phi) is 6.77. The fourth-order valence-corrected chi connectivity index (χ4v) is 3.21. The Labute approximate surface area is 167 Å². The van der Waals surface area contributed by atoms with Gasteiger partial charge in [0.15, 0.2) is 9.84 Å². The first-order chi connectivity index (χ1) is 13.6. The van der Waals surface area contributed by atoms with Gasteiger partial charge in [-0.25, -0.2) is 8.42 Å². The number of hydrogen-bond donors (Lipinski definition) is 2. The van der Waals surface area contributed by atoms with E-state index in [0.717, 1.165) is 24.5 Å². The number of non-ortho nitro benzene ring substituents is 1. The highest BCUT2D eigenvalue weighted by Gasteiger charge is 2.21. The maximum absolute atomic E-state index is 12.4. The number of rotatable bonds is 8. The second-order valence-electron chi connectivity index (χ2n) is 6.08. The fourth-order valence-electron chi connectivity index (χ4n) is 2.54. The number of nitrogens with one attached hydrogen (secondary N) is 1. The summed E-state index contributed by atoms with van der Waals surface area (Å²) in [7, 11) is -0.887. The van der Waals surface area contributed by atoms with E-state index in [4.69, 9.17) is 9.47 Å². The summed E-state index contributed by atoms with van der Waals surface area (Å²) in [5.74, 6) is 0.0735. The monoisotopic (exact) mass is 424 g/mol. The molecule has 0 fully saturated rings. The summed E-state index contributed by atoms with van der Waals surface area (Å²) in [4.78, 5) is 22.3. The molecule has 2 N–H and O–H groups in total. The summed E-state index contributed by atoms with van der Waals surface area (Å²) in [6.07, 6.45) is -0.288. The number of nitro benzene ring substituents is 1. The van der Waals surface area contributed by atoms with E-state index in [1.165, 1.54) is 14.2 Å². The predicted octanol–water partition coefficient (Wildman–Crippen LogP) is 1.48. The highest BCUT2D eigenvalue weighted by Crippen LogP contribution is 2.29. The Hall–Kier alpha value is -3.18. The van der Waals surface area contributed by atoms with Gasteiger partial charge >= 0.3 is 0 Å². The van der Waals surface area contributed by atoms with Gasteiger partial charge in [-0.1, -0.05) is 0 Å². The number of carbonyl (C=O) groups excluding carboxylic acids is 1. The van der Waals surface area contributed by atoms with Crippen LogP contribution in [0.3, 0.4) is 0 Å². The van der Waals surface area contributed by atoms with Crippen LogP contribution in [0, 0.1) is 10.1 Å². The first kappa shape index (κ1) is 22.1. The number of sulfone groups is 1. The van der Waals surface area contributed by atoms with Crippen molar-refractivity contribution in [2.45, 2.75) is 11.0 Å². The molecule has 1 amide bonds. The lowest BCUT2D eigenvalue weighted by Gasteiger charge is -2.16. The van der Waals surface area contributed by atoms with Crippen LogP contribution in [0.1, 0.15) is 22.0 Å². The Bertz CT molecular complexity index is 1040. The Morgan fingerprint density at radius 1 is 1.21 bits per heavy atom. The third kappa shape index (κ3) is 5.42. The minimum absolute atomic E-state index is 0.218. The molecular weight excluding hydrogens is 404 g/mol. The minimum atomic E-state index is -3.77. The largest absolute Gasteiger partial charge is 0.497 e. The van der Waals surface area contributed by atoms with Crippen molar-refractivity contribution in [2.24, 2.45) is 0 Å². The first-order valence-electron chi connectivity index (χ1n) is 8.24. The van der Waals surface area contributed by atoms with Crippen LogP contribution < -0.4 is 14.8 Å². The van der Waals surface area contributed by atoms with Crippen LogP contribution in [-0.2, 0) is 9.84 Å². The molecular formula is C18H20N2O8S. The van der Waals surface area contributed by atoms with Crippen molar-refractivity contribution in [1.82, 2.24) is 5.32 Å². The van der Waals surface area contributed by atoms with Crippen molar-refractivity contribution >= 4 is 21.4 Å². The predicted molar refractivity (Wildman–Crippen MR) is 103 cm³/mol. The zero-order valence-electron chi connectivity index (χ0n) is 15.9. The number of benzene rings is 2. The van der Waals surface area contributed by atoms with E-state index >= 15 is 0 Å². The molecule has 0 aromatic heterocycles. The average Bonchev–Trinajstić information content (AvgIpc) is 2.70. The van der Waals surface area contributed by atoms with Gasteiger partial charge in [0.1, 0.15) is 17.6 Å². The number of amides is 1. The molecule has 0 aliphatic heterocycles. The van der Waals surface area contributed by atoms with Crippen molar-refractivity contribution in [3.8, 4) is 11.5 Å². The minimum Gasteiger partial charge on any atom is -0.497 e. The van der Waals surface area contributed by atoms with Crippen molar-refractivity contribution in [1.29, 1.82) is 0 Å². The van der Waals surface area contributed by atoms with E-state index < -0.39 is 32.5 Å². The number of nitrogens with zero attached hydrogens (tertiary/aromatic N) is 1. The van der Waals surface area contributed by atoms with Gasteiger partial charge in [0.25, 0.3) is 11.6 Å². The van der Waals surface area contributed by atoms with Crippen molar-refractivity contribution in [3.63, 3.8) is 0 Å². The van der Waals surface area contributed by atoms with E-state index in [9.17, 15) is 28.4 Å². The van der Waals surface area contributed by atoms with Crippen LogP contribution in [0.25, 0.3) is 0 Å². The van der Waals surface area contributed by atoms with Crippen LogP contribution in [0.4, 0.5) is 5.69 Å². The number of nitro groups is 1. The van der Waals surface area contributed by atoms with Crippen LogP contribution in [0.15, 0.2) is 41.3 Å². The molecule has 29 heavy (non-hydrogen) atoms. The smallest absolute Gasteiger partial charge is 0.271 e. The van der Waals surface area contributed by atoms with Gasteiger partial charge in [0.05, 0.1) is 24.0 Å². The summed E-state index contributed by atoms with van der Waals surface area (Å²) in [6, 6.07) is 7.66. The van der Waals surface area contributed by atoms with Crippen LogP contribution in [0.5, 0.6) is 11.5 Å². The van der Waals surface area contributed by atoms with E-state index in [2.05, 4.69) is 5.32 Å². The van der Waals surface area contributed by atoms with Gasteiger partial charge in [-0.3, -0.25) is 14.9 Å². The first-order valence-corrected chi connectivity index (χ1v) is 10.1. The molecule has 11 heteroatoms. The lowest BCUT2D eigenvalue weighted by Crippen LogP contribution is -2.28. The van der Waals surface area contributed by atoms with Gasteiger partial charge in [0.2, 0.25) is 0 Å². The topological polar surface area (TPSA) is 145 Å². The molecule has 1 unspecified atom stereocenters. The summed E-state index contributed by atoms with van der Waals surface area (Å²) >= 11 is 0. The van der Waals surface area contributed by atoms with Crippen molar-refractivity contribution in [2.75, 3.05) is 27.0 Å². The standard InChI is InChI=1S/C18H20N2O8S/c1-27-13-4-5-17(28-2)15(9-13)16(21)10-19-18(22)11-6-12(20(23)24)8-14(7-11)29(3,25)26/h4-9,16,21H,10H2,1-3H3,(H,19,22). The van der Waals surface area contributed by atoms with E-state index in [0.29, 0.717) is 17.1 Å². The zero-order valence-corrected chi connectivity index (χ0v) is 16.7. The second-order valence-corrected chi connectivity index (χ2v) is 8.09. The molecule has 0 saturated carbocycles. The average molecular weight is 424 g/mol. The van der Waals surface area contributed by atoms with Crippen LogP contribution >= 0.6 is 0 Å². The number of carbonyl (C=O) groups is 1. The fraction of sp³-hybridized carbons (Fsp3) is 0.278. The van der Waals surface area contributed by atoms with E-state index in [1.807, 2.05) is 0 Å². The number of ether oxygens (including phenoxy) is 2. The highest BCUT2D eigenvalue weighted by molar-refractivity contribution is 7.90. The highest BCUT2D eigenvalue weighted by atomic mass is 32.2. The molecule has 0 aliphatic carbocycles. The molecule has 2 rings (SSSR count). The molecule has 0 saturated heterocycles. The lowest BCUT2D eigenvalue weighted by atomic mass is 10.1. The molecule has 156 valence electrons. The number of hydrogen-bond acceptors (Lipinski definition) is 8. The third-order valence-corrected chi connectivity index (χ3v) is 5.14. The molecule has 10 nitrogen and oxygen atoms in total. The normalized spacial score (nSPS) is 12.1. The van der Waals surface area contributed by atoms with Gasteiger partial charge in [-0.2, -0.15) is 0 Å². The molecule has 0 spiro atoms. The van der Waals surface area contributed by atoms with Crippen molar-refractivity contribution in [3.05, 3.63) is 57.6 Å². The maximum Gasteiger partial charge on any atom is 0.271 e. The molecule has 1 atom stereocenters. The quantitative estimate of drug-likeness (QED) is 0.479. The Balaban J connectivity index is 2.25. The maximum atomic E-state index is 12.4. The number of aliphatic hydroxyl groups is 1. The second kappa shape index (κ2) is 8.88. The molecule has 0 radical (unpaired) electrons. The molecule has 0 bridgehead atoms. The van der Waals surface area contributed by atoms with Crippen LogP contribution in [-0.4, -0.2) is 51.4 Å².